The number of rotatable bonds is 1. The molecule has 21 heavy (non-hydrogen) atoms. The number of carbonyl (C=O) groups is 1. The third-order valence-electron chi connectivity index (χ3n) is 4.51. The number of hydrogen-bond donors (Lipinski definition) is 0. The molecule has 4 rings (SSSR count). The normalized spacial score (nSPS) is 13.7. The van der Waals surface area contributed by atoms with E-state index in [1.807, 2.05) is 12.1 Å². The van der Waals surface area contributed by atoms with E-state index in [0.29, 0.717) is 6.42 Å². The molecule has 1 aliphatic rings. The van der Waals surface area contributed by atoms with Gasteiger partial charge in [0.2, 0.25) is 0 Å². The van der Waals surface area contributed by atoms with Crippen LogP contribution in [0.4, 0.5) is 0 Å². The highest BCUT2D eigenvalue weighted by molar-refractivity contribution is 6.05. The molecule has 0 N–H and O–H groups in total. The summed E-state index contributed by atoms with van der Waals surface area (Å²) in [6.07, 6.45) is 1.52. The van der Waals surface area contributed by atoms with Crippen molar-refractivity contribution >= 4 is 16.6 Å². The molecule has 0 spiro atoms. The lowest BCUT2D eigenvalue weighted by Gasteiger charge is -2.12. The summed E-state index contributed by atoms with van der Waals surface area (Å²) in [4.78, 5) is 12.0. The first kappa shape index (κ1) is 12.3. The highest BCUT2D eigenvalue weighted by Gasteiger charge is 2.22. The fourth-order valence-electron chi connectivity index (χ4n) is 3.43. The van der Waals surface area contributed by atoms with Crippen molar-refractivity contribution in [2.24, 2.45) is 0 Å². The van der Waals surface area contributed by atoms with Gasteiger partial charge in [0.1, 0.15) is 0 Å². The van der Waals surface area contributed by atoms with Crippen LogP contribution in [0, 0.1) is 6.92 Å². The summed E-state index contributed by atoms with van der Waals surface area (Å²) in [5.74, 6) is 0.281. The van der Waals surface area contributed by atoms with Gasteiger partial charge in [0.15, 0.2) is 5.78 Å². The molecule has 1 nitrogen and oxygen atoms in total. The molecule has 0 unspecified atom stereocenters. The molecule has 0 heterocycles. The number of benzene rings is 3. The van der Waals surface area contributed by atoms with E-state index in [2.05, 4.69) is 49.4 Å². The number of Topliss-reactive ketones (excluding diaryl/α,β-unsaturated/α-hetero) is 1. The monoisotopic (exact) mass is 272 g/mol. The Bertz CT molecular complexity index is 874. The van der Waals surface area contributed by atoms with E-state index in [1.54, 1.807) is 0 Å². The van der Waals surface area contributed by atoms with Crippen LogP contribution in [-0.2, 0) is 6.42 Å². The average Bonchev–Trinajstić information content (AvgIpc) is 2.90. The molecular weight excluding hydrogens is 256 g/mol. The number of hydrogen-bond acceptors (Lipinski definition) is 1. The van der Waals surface area contributed by atoms with Gasteiger partial charge in [0.05, 0.1) is 0 Å². The maximum absolute atomic E-state index is 12.0. The molecule has 102 valence electrons. The van der Waals surface area contributed by atoms with Crippen LogP contribution in [-0.4, -0.2) is 5.78 Å². The molecule has 0 fully saturated rings. The summed E-state index contributed by atoms with van der Waals surface area (Å²) in [5, 5.41) is 2.56. The van der Waals surface area contributed by atoms with E-state index in [9.17, 15) is 4.79 Å². The minimum atomic E-state index is 0.281. The zero-order chi connectivity index (χ0) is 14.4. The minimum absolute atomic E-state index is 0.281. The second kappa shape index (κ2) is 4.56. The highest BCUT2D eigenvalue weighted by Crippen LogP contribution is 2.36. The predicted octanol–water partition coefficient (Wildman–Crippen LogP) is 4.94. The summed E-state index contributed by atoms with van der Waals surface area (Å²) < 4.78 is 0. The molecular formula is C20H16O. The Morgan fingerprint density at radius 3 is 2.33 bits per heavy atom. The molecule has 0 amide bonds. The Kier molecular flexibility index (Phi) is 2.68. The Hall–Kier alpha value is -2.41. The average molecular weight is 272 g/mol. The third-order valence-corrected chi connectivity index (χ3v) is 4.51. The Morgan fingerprint density at radius 2 is 1.48 bits per heavy atom. The van der Waals surface area contributed by atoms with Gasteiger partial charge >= 0.3 is 0 Å². The van der Waals surface area contributed by atoms with Gasteiger partial charge in [-0.15, -0.1) is 0 Å². The van der Waals surface area contributed by atoms with Gasteiger partial charge in [-0.1, -0.05) is 54.6 Å². The molecule has 0 aliphatic heterocycles. The third kappa shape index (κ3) is 1.81. The molecule has 0 saturated heterocycles. The van der Waals surface area contributed by atoms with Crippen LogP contribution in [0.2, 0.25) is 0 Å². The number of aryl methyl sites for hydroxylation is 1. The van der Waals surface area contributed by atoms with Gasteiger partial charge in [-0.25, -0.2) is 0 Å². The van der Waals surface area contributed by atoms with Gasteiger partial charge in [-0.3, -0.25) is 4.79 Å². The largest absolute Gasteiger partial charge is 0.294 e. The lowest BCUT2D eigenvalue weighted by atomic mass is 9.91. The number of carbonyl (C=O) groups excluding carboxylic acids is 1. The molecule has 0 bridgehead atoms. The Morgan fingerprint density at radius 1 is 0.714 bits per heavy atom. The van der Waals surface area contributed by atoms with Crippen molar-refractivity contribution in [3.05, 3.63) is 71.3 Å². The smallest absolute Gasteiger partial charge is 0.163 e. The van der Waals surface area contributed by atoms with Crippen LogP contribution in [0.15, 0.2) is 54.6 Å². The molecule has 1 heteroatoms. The van der Waals surface area contributed by atoms with Crippen LogP contribution in [0.5, 0.6) is 0 Å². The molecule has 0 radical (unpaired) electrons. The van der Waals surface area contributed by atoms with Crippen molar-refractivity contribution in [2.75, 3.05) is 0 Å². The van der Waals surface area contributed by atoms with Crippen molar-refractivity contribution in [1.82, 2.24) is 0 Å². The fraction of sp³-hybridized carbons (Fsp3) is 0.150. The first-order chi connectivity index (χ1) is 10.3. The van der Waals surface area contributed by atoms with E-state index in [1.165, 1.54) is 33.0 Å². The van der Waals surface area contributed by atoms with Crippen LogP contribution in [0.3, 0.4) is 0 Å². The lowest BCUT2D eigenvalue weighted by Crippen LogP contribution is -1.93. The van der Waals surface area contributed by atoms with Crippen molar-refractivity contribution in [3.8, 4) is 11.1 Å². The van der Waals surface area contributed by atoms with Crippen LogP contribution in [0.25, 0.3) is 21.9 Å². The SMILES string of the molecule is Cc1ccc(-c2cccc3c2CCC3=O)c2ccccc12. The maximum atomic E-state index is 12.0. The summed E-state index contributed by atoms with van der Waals surface area (Å²) in [6.45, 7) is 2.14. The van der Waals surface area contributed by atoms with Gasteiger partial charge in [-0.2, -0.15) is 0 Å². The number of ketones is 1. The second-order valence-electron chi connectivity index (χ2n) is 5.73. The lowest BCUT2D eigenvalue weighted by molar-refractivity contribution is 0.0994. The van der Waals surface area contributed by atoms with E-state index in [4.69, 9.17) is 0 Å². The van der Waals surface area contributed by atoms with Crippen molar-refractivity contribution in [2.45, 2.75) is 19.8 Å². The molecule has 3 aromatic carbocycles. The van der Waals surface area contributed by atoms with E-state index in [-0.39, 0.29) is 5.78 Å². The second-order valence-corrected chi connectivity index (χ2v) is 5.73. The standard InChI is InChI=1S/C20H16O/c1-13-9-10-17(15-6-3-2-5-14(13)15)16-7-4-8-19-18(16)11-12-20(19)21/h2-10H,11-12H2,1H3. The molecule has 0 saturated carbocycles. The maximum Gasteiger partial charge on any atom is 0.163 e. The minimum Gasteiger partial charge on any atom is -0.294 e. The number of fused-ring (bicyclic) bond motifs is 2. The van der Waals surface area contributed by atoms with E-state index >= 15 is 0 Å². The van der Waals surface area contributed by atoms with Crippen molar-refractivity contribution < 1.29 is 4.79 Å². The fourth-order valence-corrected chi connectivity index (χ4v) is 3.43. The first-order valence-electron chi connectivity index (χ1n) is 7.39. The van der Waals surface area contributed by atoms with Crippen LogP contribution < -0.4 is 0 Å². The zero-order valence-electron chi connectivity index (χ0n) is 12.0. The van der Waals surface area contributed by atoms with E-state index < -0.39 is 0 Å². The Labute approximate surface area is 124 Å². The summed E-state index contributed by atoms with van der Waals surface area (Å²) in [7, 11) is 0. The van der Waals surface area contributed by atoms with Crippen molar-refractivity contribution in [1.29, 1.82) is 0 Å². The molecule has 0 aromatic heterocycles. The van der Waals surface area contributed by atoms with Crippen molar-refractivity contribution in [3.63, 3.8) is 0 Å². The predicted molar refractivity (Wildman–Crippen MR) is 86.8 cm³/mol. The zero-order valence-corrected chi connectivity index (χ0v) is 12.0. The summed E-state index contributed by atoms with van der Waals surface area (Å²) in [5.41, 5.74) is 5.88. The topological polar surface area (TPSA) is 17.1 Å². The first-order valence-corrected chi connectivity index (χ1v) is 7.39. The van der Waals surface area contributed by atoms with Gasteiger partial charge in [-0.05, 0) is 46.4 Å². The highest BCUT2D eigenvalue weighted by atomic mass is 16.1. The van der Waals surface area contributed by atoms with Gasteiger partial charge < -0.3 is 0 Å². The van der Waals surface area contributed by atoms with Gasteiger partial charge in [0.25, 0.3) is 0 Å². The van der Waals surface area contributed by atoms with E-state index in [0.717, 1.165) is 12.0 Å². The summed E-state index contributed by atoms with van der Waals surface area (Å²) in [6, 6.07) is 19.0. The molecule has 1 aliphatic carbocycles. The van der Waals surface area contributed by atoms with Crippen LogP contribution in [0.1, 0.15) is 27.9 Å². The quantitative estimate of drug-likeness (QED) is 0.613. The summed E-state index contributed by atoms with van der Waals surface area (Å²) >= 11 is 0. The van der Waals surface area contributed by atoms with Crippen LogP contribution >= 0.6 is 0 Å². The molecule has 0 atom stereocenters. The van der Waals surface area contributed by atoms with Gasteiger partial charge in [0, 0.05) is 12.0 Å². The molecule has 3 aromatic rings. The Balaban J connectivity index is 2.05.